The van der Waals surface area contributed by atoms with Gasteiger partial charge in [-0.3, -0.25) is 4.79 Å². The Bertz CT molecular complexity index is 815. The number of halogens is 2. The van der Waals surface area contributed by atoms with Crippen molar-refractivity contribution in [3.63, 3.8) is 0 Å². The summed E-state index contributed by atoms with van der Waals surface area (Å²) in [6.45, 7) is 0. The van der Waals surface area contributed by atoms with E-state index in [0.29, 0.717) is 0 Å². The third kappa shape index (κ3) is 4.26. The Morgan fingerprint density at radius 1 is 1.39 bits per heavy atom. The highest BCUT2D eigenvalue weighted by Crippen LogP contribution is 2.20. The molecule has 0 fully saturated rings. The molecule has 2 rings (SSSR count). The molecule has 7 heteroatoms. The standard InChI is InChI=1S/C16H11FIN3O2/c1-23-15-5-3-11(7-14(15)18)9-20-21-16(22)12-4-2-10(8-19)6-13(12)17/h2-7,9H,1H3,(H,21,22)/b20-9-. The van der Waals surface area contributed by atoms with E-state index >= 15 is 0 Å². The van der Waals surface area contributed by atoms with E-state index in [9.17, 15) is 9.18 Å². The molecule has 0 saturated carbocycles. The Kier molecular flexibility index (Phi) is 5.65. The average molecular weight is 423 g/mol. The molecule has 0 radical (unpaired) electrons. The van der Waals surface area contributed by atoms with Crippen molar-refractivity contribution in [2.45, 2.75) is 0 Å². The second kappa shape index (κ2) is 7.69. The molecule has 0 bridgehead atoms. The van der Waals surface area contributed by atoms with Crippen molar-refractivity contribution in [3.05, 3.63) is 62.5 Å². The molecule has 2 aromatic rings. The predicted molar refractivity (Wildman–Crippen MR) is 91.9 cm³/mol. The molecular formula is C16H11FIN3O2. The third-order valence-electron chi connectivity index (χ3n) is 2.90. The number of hydrazone groups is 1. The van der Waals surface area contributed by atoms with E-state index in [1.165, 1.54) is 18.3 Å². The Morgan fingerprint density at radius 3 is 2.78 bits per heavy atom. The lowest BCUT2D eigenvalue weighted by molar-refractivity contribution is 0.0951. The molecule has 23 heavy (non-hydrogen) atoms. The second-order valence-corrected chi connectivity index (χ2v) is 5.56. The first-order valence-electron chi connectivity index (χ1n) is 6.41. The molecule has 1 N–H and O–H groups in total. The van der Waals surface area contributed by atoms with Gasteiger partial charge in [-0.15, -0.1) is 0 Å². The molecule has 0 aliphatic heterocycles. The molecule has 1 amide bonds. The molecule has 0 saturated heterocycles. The summed E-state index contributed by atoms with van der Waals surface area (Å²) < 4.78 is 19.7. The Morgan fingerprint density at radius 2 is 2.17 bits per heavy atom. The van der Waals surface area contributed by atoms with Crippen LogP contribution in [0, 0.1) is 20.7 Å². The highest BCUT2D eigenvalue weighted by atomic mass is 127. The quantitative estimate of drug-likeness (QED) is 0.467. The summed E-state index contributed by atoms with van der Waals surface area (Å²) in [5, 5.41) is 12.5. The van der Waals surface area contributed by atoms with Gasteiger partial charge in [0.25, 0.3) is 5.91 Å². The number of rotatable bonds is 4. The normalized spacial score (nSPS) is 10.3. The van der Waals surface area contributed by atoms with Crippen LogP contribution in [0.4, 0.5) is 4.39 Å². The molecule has 0 unspecified atom stereocenters. The summed E-state index contributed by atoms with van der Waals surface area (Å²) in [7, 11) is 1.58. The zero-order valence-corrected chi connectivity index (χ0v) is 14.2. The molecule has 2 aromatic carbocycles. The number of benzene rings is 2. The first-order chi connectivity index (χ1) is 11.0. The highest BCUT2D eigenvalue weighted by Gasteiger charge is 2.11. The minimum absolute atomic E-state index is 0.148. The van der Waals surface area contributed by atoms with Crippen LogP contribution in [0.2, 0.25) is 0 Å². The smallest absolute Gasteiger partial charge is 0.274 e. The number of hydrogen-bond acceptors (Lipinski definition) is 4. The fourth-order valence-corrected chi connectivity index (χ4v) is 2.52. The van der Waals surface area contributed by atoms with Crippen LogP contribution < -0.4 is 10.2 Å². The van der Waals surface area contributed by atoms with Crippen LogP contribution in [0.15, 0.2) is 41.5 Å². The highest BCUT2D eigenvalue weighted by molar-refractivity contribution is 14.1. The SMILES string of the molecule is COc1ccc(/C=N\NC(=O)c2ccc(C#N)cc2F)cc1I. The van der Waals surface area contributed by atoms with Gasteiger partial charge < -0.3 is 4.74 Å². The number of carbonyl (C=O) groups excluding carboxylic acids is 1. The summed E-state index contributed by atoms with van der Waals surface area (Å²) >= 11 is 2.12. The average Bonchev–Trinajstić information content (AvgIpc) is 2.54. The van der Waals surface area contributed by atoms with E-state index in [1.54, 1.807) is 25.3 Å². The van der Waals surface area contributed by atoms with Crippen molar-refractivity contribution >= 4 is 34.7 Å². The van der Waals surface area contributed by atoms with Gasteiger partial charge in [-0.05, 0) is 64.6 Å². The van der Waals surface area contributed by atoms with E-state index in [0.717, 1.165) is 20.9 Å². The number of ether oxygens (including phenoxy) is 1. The lowest BCUT2D eigenvalue weighted by Crippen LogP contribution is -2.19. The maximum Gasteiger partial charge on any atom is 0.274 e. The molecule has 0 spiro atoms. The van der Waals surface area contributed by atoms with Gasteiger partial charge in [0.1, 0.15) is 11.6 Å². The maximum atomic E-state index is 13.7. The third-order valence-corrected chi connectivity index (χ3v) is 3.74. The fraction of sp³-hybridized carbons (Fsp3) is 0.0625. The second-order valence-electron chi connectivity index (χ2n) is 4.40. The molecule has 0 aliphatic rings. The van der Waals surface area contributed by atoms with Crippen LogP contribution in [0.25, 0.3) is 0 Å². The van der Waals surface area contributed by atoms with Crippen molar-refractivity contribution in [1.82, 2.24) is 5.43 Å². The Hall–Kier alpha value is -2.47. The van der Waals surface area contributed by atoms with E-state index in [-0.39, 0.29) is 11.1 Å². The van der Waals surface area contributed by atoms with Crippen molar-refractivity contribution in [2.75, 3.05) is 7.11 Å². The minimum Gasteiger partial charge on any atom is -0.496 e. The molecule has 5 nitrogen and oxygen atoms in total. The first-order valence-corrected chi connectivity index (χ1v) is 7.49. The van der Waals surface area contributed by atoms with E-state index in [4.69, 9.17) is 10.00 Å². The van der Waals surface area contributed by atoms with Crippen LogP contribution in [-0.2, 0) is 0 Å². The lowest BCUT2D eigenvalue weighted by Gasteiger charge is -2.04. The summed E-state index contributed by atoms with van der Waals surface area (Å²) in [4.78, 5) is 11.9. The zero-order chi connectivity index (χ0) is 16.8. The van der Waals surface area contributed by atoms with E-state index in [2.05, 4.69) is 33.1 Å². The van der Waals surface area contributed by atoms with Gasteiger partial charge in [0, 0.05) is 0 Å². The van der Waals surface area contributed by atoms with Crippen molar-refractivity contribution in [1.29, 1.82) is 5.26 Å². The monoisotopic (exact) mass is 423 g/mol. The number of amides is 1. The van der Waals surface area contributed by atoms with Crippen molar-refractivity contribution in [2.24, 2.45) is 5.10 Å². The van der Waals surface area contributed by atoms with Crippen LogP contribution >= 0.6 is 22.6 Å². The number of nitrogens with zero attached hydrogens (tertiary/aromatic N) is 2. The van der Waals surface area contributed by atoms with E-state index < -0.39 is 11.7 Å². The minimum atomic E-state index is -0.768. The largest absolute Gasteiger partial charge is 0.496 e. The van der Waals surface area contributed by atoms with Gasteiger partial charge in [-0.25, -0.2) is 9.82 Å². The number of nitriles is 1. The topological polar surface area (TPSA) is 74.5 Å². The van der Waals surface area contributed by atoms with Gasteiger partial charge in [-0.1, -0.05) is 0 Å². The summed E-state index contributed by atoms with van der Waals surface area (Å²) in [6, 6.07) is 10.8. The summed E-state index contributed by atoms with van der Waals surface area (Å²) in [6.07, 6.45) is 1.45. The van der Waals surface area contributed by atoms with Crippen LogP contribution in [0.3, 0.4) is 0 Å². The van der Waals surface area contributed by atoms with Gasteiger partial charge in [0.05, 0.1) is 34.1 Å². The molecular weight excluding hydrogens is 412 g/mol. The summed E-state index contributed by atoms with van der Waals surface area (Å²) in [5.41, 5.74) is 2.98. The van der Waals surface area contributed by atoms with Crippen molar-refractivity contribution < 1.29 is 13.9 Å². The van der Waals surface area contributed by atoms with Crippen LogP contribution in [0.1, 0.15) is 21.5 Å². The van der Waals surface area contributed by atoms with Gasteiger partial charge in [0.2, 0.25) is 0 Å². The molecule has 0 atom stereocenters. The van der Waals surface area contributed by atoms with E-state index in [1.807, 2.05) is 6.07 Å². The van der Waals surface area contributed by atoms with Gasteiger partial charge in [0.15, 0.2) is 0 Å². The maximum absolute atomic E-state index is 13.7. The van der Waals surface area contributed by atoms with Crippen LogP contribution in [-0.4, -0.2) is 19.2 Å². The zero-order valence-electron chi connectivity index (χ0n) is 12.0. The predicted octanol–water partition coefficient (Wildman–Crippen LogP) is 3.07. The molecule has 116 valence electrons. The Labute approximate surface area is 145 Å². The van der Waals surface area contributed by atoms with Crippen molar-refractivity contribution in [3.8, 4) is 11.8 Å². The first kappa shape index (κ1) is 16.9. The lowest BCUT2D eigenvalue weighted by atomic mass is 10.1. The summed E-state index contributed by atoms with van der Waals surface area (Å²) in [5.74, 6) is -0.714. The van der Waals surface area contributed by atoms with Gasteiger partial charge >= 0.3 is 0 Å². The van der Waals surface area contributed by atoms with Gasteiger partial charge in [-0.2, -0.15) is 10.4 Å². The molecule has 0 aromatic heterocycles. The molecule has 0 aliphatic carbocycles. The fourth-order valence-electron chi connectivity index (χ4n) is 1.76. The van der Waals surface area contributed by atoms with Crippen LogP contribution in [0.5, 0.6) is 5.75 Å². The Balaban J connectivity index is 2.07. The number of carbonyl (C=O) groups is 1. The number of nitrogens with one attached hydrogen (secondary N) is 1. The number of methoxy groups -OCH3 is 1. The number of hydrogen-bond donors (Lipinski definition) is 1. The molecule has 0 heterocycles.